The van der Waals surface area contributed by atoms with Crippen molar-refractivity contribution in [1.82, 2.24) is 4.90 Å². The summed E-state index contributed by atoms with van der Waals surface area (Å²) >= 11 is 0. The Hall–Kier alpha value is 0.0899. The van der Waals surface area contributed by atoms with E-state index in [0.29, 0.717) is 10.8 Å². The Labute approximate surface area is 72.4 Å². The molecule has 11 heavy (non-hydrogen) atoms. The fraction of sp³-hybridized carbons (Fsp3) is 1.00. The second kappa shape index (κ2) is 2.55. The van der Waals surface area contributed by atoms with Crippen LogP contribution in [0.4, 0.5) is 0 Å². The zero-order valence-corrected chi connectivity index (χ0v) is 8.57. The van der Waals surface area contributed by atoms with Crippen LogP contribution >= 0.6 is 0 Å². The highest BCUT2D eigenvalue weighted by atomic mass is 15.2. The molecule has 0 bridgehead atoms. The van der Waals surface area contributed by atoms with E-state index >= 15 is 0 Å². The first-order valence-corrected chi connectivity index (χ1v) is 4.56. The summed E-state index contributed by atoms with van der Waals surface area (Å²) in [6.45, 7) is 9.43. The van der Waals surface area contributed by atoms with Gasteiger partial charge < -0.3 is 0 Å². The van der Waals surface area contributed by atoms with E-state index in [1.54, 1.807) is 0 Å². The van der Waals surface area contributed by atoms with E-state index in [9.17, 15) is 0 Å². The van der Waals surface area contributed by atoms with E-state index in [1.807, 2.05) is 0 Å². The molecular formula is C8H19B2N. The van der Waals surface area contributed by atoms with Crippen molar-refractivity contribution in [3.63, 3.8) is 0 Å². The van der Waals surface area contributed by atoms with Gasteiger partial charge in [0, 0.05) is 5.54 Å². The summed E-state index contributed by atoms with van der Waals surface area (Å²) in [6, 6.07) is 0. The smallest absolute Gasteiger partial charge is 0.101 e. The van der Waals surface area contributed by atoms with Crippen molar-refractivity contribution in [2.45, 2.75) is 37.9 Å². The lowest BCUT2D eigenvalue weighted by atomic mass is 9.54. The molecule has 0 unspecified atom stereocenters. The molecule has 0 N–H and O–H groups in total. The van der Waals surface area contributed by atoms with E-state index in [-0.39, 0.29) is 0 Å². The largest absolute Gasteiger partial charge is 0.299 e. The average molecular weight is 151 g/mol. The van der Waals surface area contributed by atoms with Gasteiger partial charge in [0.1, 0.15) is 15.7 Å². The molecule has 1 rings (SSSR count). The molecule has 0 saturated carbocycles. The van der Waals surface area contributed by atoms with Gasteiger partial charge in [-0.15, -0.1) is 0 Å². The maximum absolute atomic E-state index is 2.58. The lowest BCUT2D eigenvalue weighted by Gasteiger charge is -2.32. The molecule has 0 amide bonds. The standard InChI is InChI=1S/C8H19B2N/c1-7(2,3)11-5-4-8(9,10)6-11/h4-6,9-10H2,1-3H3. The molecule has 62 valence electrons. The van der Waals surface area contributed by atoms with Crippen LogP contribution in [0, 0.1) is 0 Å². The molecule has 0 atom stereocenters. The van der Waals surface area contributed by atoms with Gasteiger partial charge in [-0.25, -0.2) is 0 Å². The molecule has 0 radical (unpaired) electrons. The maximum atomic E-state index is 2.58. The Morgan fingerprint density at radius 2 is 1.82 bits per heavy atom. The van der Waals surface area contributed by atoms with E-state index in [2.05, 4.69) is 41.4 Å². The minimum atomic E-state index is 0.369. The van der Waals surface area contributed by atoms with Gasteiger partial charge in [0.25, 0.3) is 0 Å². The number of hydrogen-bond donors (Lipinski definition) is 0. The Bertz CT molecular complexity index is 149. The van der Waals surface area contributed by atoms with Crippen LogP contribution in [-0.2, 0) is 0 Å². The molecule has 0 aliphatic carbocycles. The predicted molar refractivity (Wildman–Crippen MR) is 55.7 cm³/mol. The van der Waals surface area contributed by atoms with E-state index < -0.39 is 0 Å². The van der Waals surface area contributed by atoms with Crippen LogP contribution in [0.5, 0.6) is 0 Å². The van der Waals surface area contributed by atoms with Gasteiger partial charge >= 0.3 is 0 Å². The quantitative estimate of drug-likeness (QED) is 0.436. The zero-order chi connectivity index (χ0) is 8.70. The molecule has 1 nitrogen and oxygen atoms in total. The summed E-state index contributed by atoms with van der Waals surface area (Å²) in [4.78, 5) is 2.58. The van der Waals surface area contributed by atoms with Gasteiger partial charge in [0.2, 0.25) is 0 Å². The van der Waals surface area contributed by atoms with Crippen molar-refractivity contribution in [2.75, 3.05) is 13.1 Å². The van der Waals surface area contributed by atoms with Gasteiger partial charge in [-0.05, 0) is 40.3 Å². The first-order valence-electron chi connectivity index (χ1n) is 4.56. The van der Waals surface area contributed by atoms with E-state index in [0.717, 1.165) is 0 Å². The molecule has 1 heterocycles. The fourth-order valence-corrected chi connectivity index (χ4v) is 1.68. The Balaban J connectivity index is 2.55. The van der Waals surface area contributed by atoms with Crippen molar-refractivity contribution in [3.05, 3.63) is 0 Å². The Morgan fingerprint density at radius 3 is 2.00 bits per heavy atom. The SMILES string of the molecule is BC1(B)CCN(C(C)(C)C)C1. The predicted octanol–water partition coefficient (Wildman–Crippen LogP) is -0.127. The highest BCUT2D eigenvalue weighted by Gasteiger charge is 2.34. The van der Waals surface area contributed by atoms with Gasteiger partial charge in [0.15, 0.2) is 0 Å². The van der Waals surface area contributed by atoms with Gasteiger partial charge in [-0.1, -0.05) is 5.21 Å². The van der Waals surface area contributed by atoms with Crippen LogP contribution in [0.3, 0.4) is 0 Å². The lowest BCUT2D eigenvalue weighted by Crippen LogP contribution is -2.40. The number of nitrogens with zero attached hydrogens (tertiary/aromatic N) is 1. The van der Waals surface area contributed by atoms with Crippen molar-refractivity contribution in [3.8, 4) is 0 Å². The number of likely N-dealkylation sites (tertiary alicyclic amines) is 1. The number of hydrogen-bond acceptors (Lipinski definition) is 1. The van der Waals surface area contributed by atoms with E-state index in [1.165, 1.54) is 19.5 Å². The van der Waals surface area contributed by atoms with Crippen molar-refractivity contribution >= 4 is 15.7 Å². The van der Waals surface area contributed by atoms with Gasteiger partial charge in [-0.3, -0.25) is 4.90 Å². The van der Waals surface area contributed by atoms with Crippen LogP contribution < -0.4 is 0 Å². The first-order chi connectivity index (χ1) is 4.81. The summed E-state index contributed by atoms with van der Waals surface area (Å²) < 4.78 is 0. The summed E-state index contributed by atoms with van der Waals surface area (Å²) in [6.07, 6.45) is 1.35. The Morgan fingerprint density at radius 1 is 1.27 bits per heavy atom. The number of rotatable bonds is 0. The lowest BCUT2D eigenvalue weighted by molar-refractivity contribution is 0.174. The average Bonchev–Trinajstić information content (AvgIpc) is 2.07. The first kappa shape index (κ1) is 9.18. The minimum absolute atomic E-state index is 0.369. The van der Waals surface area contributed by atoms with Crippen molar-refractivity contribution < 1.29 is 0 Å². The highest BCUT2D eigenvalue weighted by molar-refractivity contribution is 6.40. The third-order valence-corrected chi connectivity index (χ3v) is 2.63. The third-order valence-electron chi connectivity index (χ3n) is 2.63. The molecule has 1 aliphatic heterocycles. The minimum Gasteiger partial charge on any atom is -0.299 e. The molecule has 0 spiro atoms. The van der Waals surface area contributed by atoms with Gasteiger partial charge in [-0.2, -0.15) is 0 Å². The molecule has 0 aromatic carbocycles. The molecule has 0 aromatic heterocycles. The van der Waals surface area contributed by atoms with E-state index in [4.69, 9.17) is 0 Å². The second-order valence-electron chi connectivity index (χ2n) is 5.51. The molecule has 3 heteroatoms. The maximum Gasteiger partial charge on any atom is 0.101 e. The second-order valence-corrected chi connectivity index (χ2v) is 5.51. The summed E-state index contributed by atoms with van der Waals surface area (Å²) in [5, 5.41) is 0.549. The van der Waals surface area contributed by atoms with Crippen molar-refractivity contribution in [1.29, 1.82) is 0 Å². The Kier molecular flexibility index (Phi) is 2.13. The summed E-state index contributed by atoms with van der Waals surface area (Å²) in [5.74, 6) is 0. The monoisotopic (exact) mass is 151 g/mol. The summed E-state index contributed by atoms with van der Waals surface area (Å²) in [7, 11) is 4.72. The van der Waals surface area contributed by atoms with Crippen LogP contribution in [0.1, 0.15) is 27.2 Å². The topological polar surface area (TPSA) is 3.24 Å². The van der Waals surface area contributed by atoms with Gasteiger partial charge in [0.05, 0.1) is 0 Å². The van der Waals surface area contributed by atoms with Crippen LogP contribution in [-0.4, -0.2) is 39.2 Å². The molecule has 1 aliphatic rings. The molecule has 1 fully saturated rings. The van der Waals surface area contributed by atoms with Crippen LogP contribution in [0.25, 0.3) is 0 Å². The molecular weight excluding hydrogens is 132 g/mol. The fourth-order valence-electron chi connectivity index (χ4n) is 1.68. The van der Waals surface area contributed by atoms with Crippen LogP contribution in [0.2, 0.25) is 5.21 Å². The van der Waals surface area contributed by atoms with Crippen molar-refractivity contribution in [2.24, 2.45) is 0 Å². The zero-order valence-electron chi connectivity index (χ0n) is 8.57. The summed E-state index contributed by atoms with van der Waals surface area (Å²) in [5.41, 5.74) is 0.369. The van der Waals surface area contributed by atoms with Crippen LogP contribution in [0.15, 0.2) is 0 Å². The molecule has 0 aromatic rings. The normalized spacial score (nSPS) is 25.7. The highest BCUT2D eigenvalue weighted by Crippen LogP contribution is 2.33. The third kappa shape index (κ3) is 2.26. The molecule has 1 saturated heterocycles.